The van der Waals surface area contributed by atoms with E-state index in [0.717, 1.165) is 30.3 Å². The maximum Gasteiger partial charge on any atom is 0.419 e. The number of benzene rings is 1. The molecule has 2 aromatic heterocycles. The molecule has 1 aromatic carbocycles. The lowest BCUT2D eigenvalue weighted by Gasteiger charge is -2.30. The van der Waals surface area contributed by atoms with Crippen LogP contribution in [0.1, 0.15) is 53.5 Å². The number of ether oxygens (including phenoxy) is 1. The number of carboxylic acid groups (broad SMARTS) is 1. The number of carboxylic acids is 1. The number of methoxy groups -OCH3 is 1. The van der Waals surface area contributed by atoms with Gasteiger partial charge in [0.15, 0.2) is 5.13 Å². The van der Waals surface area contributed by atoms with E-state index in [1.807, 2.05) is 4.90 Å². The van der Waals surface area contributed by atoms with Gasteiger partial charge in [0.25, 0.3) is 5.91 Å². The lowest BCUT2D eigenvalue weighted by Crippen LogP contribution is -2.36. The van der Waals surface area contributed by atoms with E-state index < -0.39 is 23.6 Å². The molecule has 2 fully saturated rings. The maximum absolute atomic E-state index is 13.8. The van der Waals surface area contributed by atoms with Crippen molar-refractivity contribution in [3.05, 3.63) is 46.7 Å². The van der Waals surface area contributed by atoms with Crippen LogP contribution in [0.4, 0.5) is 24.1 Å². The Balaban J connectivity index is 0.00000264. The van der Waals surface area contributed by atoms with Gasteiger partial charge >= 0.3 is 12.1 Å². The molecular weight excluding hydrogens is 644 g/mol. The summed E-state index contributed by atoms with van der Waals surface area (Å²) in [5.41, 5.74) is -0.204. The summed E-state index contributed by atoms with van der Waals surface area (Å²) in [4.78, 5) is 42.3. The minimum atomic E-state index is -4.62. The molecule has 1 amide bonds. The molecule has 0 radical (unpaired) electrons. The van der Waals surface area contributed by atoms with Crippen LogP contribution in [0.5, 0.6) is 5.75 Å². The van der Waals surface area contributed by atoms with Crippen molar-refractivity contribution in [3.63, 3.8) is 0 Å². The summed E-state index contributed by atoms with van der Waals surface area (Å²) in [6.07, 6.45) is 1.27. The van der Waals surface area contributed by atoms with Gasteiger partial charge in [-0.3, -0.25) is 19.8 Å². The molecule has 2 N–H and O–H groups in total. The monoisotopic (exact) mass is 676 g/mol. The Morgan fingerprint density at radius 2 is 1.84 bits per heavy atom. The summed E-state index contributed by atoms with van der Waals surface area (Å²) in [7, 11) is 1.19. The van der Waals surface area contributed by atoms with Gasteiger partial charge in [0, 0.05) is 36.1 Å². The molecule has 44 heavy (non-hydrogen) atoms. The van der Waals surface area contributed by atoms with E-state index >= 15 is 0 Å². The molecule has 2 aliphatic heterocycles. The number of likely N-dealkylation sites (tertiary alicyclic amines) is 1. The largest absolute Gasteiger partial charge is 0.496 e. The number of nitrogens with one attached hydrogen (secondary N) is 1. The first-order valence-electron chi connectivity index (χ1n) is 13.6. The van der Waals surface area contributed by atoms with E-state index in [2.05, 4.69) is 32.1 Å². The molecule has 2 saturated heterocycles. The summed E-state index contributed by atoms with van der Waals surface area (Å²) in [5.74, 6) is -1.46. The van der Waals surface area contributed by atoms with Crippen LogP contribution in [0.3, 0.4) is 0 Å². The lowest BCUT2D eigenvalue weighted by atomic mass is 9.97. The first-order valence-corrected chi connectivity index (χ1v) is 14.5. The van der Waals surface area contributed by atoms with Crippen LogP contribution in [-0.2, 0) is 17.5 Å². The van der Waals surface area contributed by atoms with Crippen LogP contribution in [0.2, 0.25) is 0 Å². The molecule has 2 aliphatic rings. The van der Waals surface area contributed by atoms with Crippen LogP contribution in [0, 0.1) is 5.92 Å². The highest BCUT2D eigenvalue weighted by Crippen LogP contribution is 2.41. The van der Waals surface area contributed by atoms with E-state index in [4.69, 9.17) is 4.74 Å². The zero-order valence-electron chi connectivity index (χ0n) is 24.0. The van der Waals surface area contributed by atoms with Crippen LogP contribution in [-0.4, -0.2) is 69.6 Å². The van der Waals surface area contributed by atoms with Gasteiger partial charge in [0.1, 0.15) is 17.3 Å². The van der Waals surface area contributed by atoms with Crippen molar-refractivity contribution in [1.82, 2.24) is 19.9 Å². The van der Waals surface area contributed by atoms with Gasteiger partial charge < -0.3 is 14.7 Å². The predicted octanol–water partition coefficient (Wildman–Crippen LogP) is 6.01. The number of nitrogens with zero attached hydrogens (tertiary/aromatic N) is 5. The zero-order chi connectivity index (χ0) is 30.0. The number of hydrogen-bond donors (Lipinski definition) is 2. The van der Waals surface area contributed by atoms with Gasteiger partial charge in [-0.05, 0) is 57.4 Å². The van der Waals surface area contributed by atoms with Crippen molar-refractivity contribution in [2.24, 2.45) is 5.92 Å². The molecule has 0 unspecified atom stereocenters. The highest BCUT2D eigenvalue weighted by atomic mass is 35.5. The predicted molar refractivity (Wildman–Crippen MR) is 165 cm³/mol. The highest BCUT2D eigenvalue weighted by Gasteiger charge is 2.35. The van der Waals surface area contributed by atoms with Crippen molar-refractivity contribution < 1.29 is 32.6 Å². The summed E-state index contributed by atoms with van der Waals surface area (Å²) < 4.78 is 46.2. The second-order valence-electron chi connectivity index (χ2n) is 10.5. The van der Waals surface area contributed by atoms with Gasteiger partial charge in [-0.25, -0.2) is 15.0 Å². The third kappa shape index (κ3) is 7.89. The van der Waals surface area contributed by atoms with Crippen LogP contribution >= 0.6 is 36.2 Å². The van der Waals surface area contributed by atoms with Crippen molar-refractivity contribution in [3.8, 4) is 17.0 Å². The van der Waals surface area contributed by atoms with E-state index in [-0.39, 0.29) is 52.9 Å². The maximum atomic E-state index is 13.8. The van der Waals surface area contributed by atoms with E-state index in [0.29, 0.717) is 50.0 Å². The number of piperidine rings is 1. The fraction of sp³-hybridized carbons (Fsp3) is 0.464. The molecule has 0 saturated carbocycles. The number of aromatic nitrogens is 3. The zero-order valence-corrected chi connectivity index (χ0v) is 26.4. The van der Waals surface area contributed by atoms with Crippen molar-refractivity contribution >= 4 is 59.0 Å². The topological polar surface area (TPSA) is 121 Å². The summed E-state index contributed by atoms with van der Waals surface area (Å²) >= 11 is 1.22. The van der Waals surface area contributed by atoms with Gasteiger partial charge in [-0.2, -0.15) is 13.2 Å². The Labute approximate surface area is 268 Å². The summed E-state index contributed by atoms with van der Waals surface area (Å²) in [6, 6.07) is 4.16. The second-order valence-corrected chi connectivity index (χ2v) is 11.6. The smallest absolute Gasteiger partial charge is 0.419 e. The van der Waals surface area contributed by atoms with E-state index in [9.17, 15) is 27.9 Å². The van der Waals surface area contributed by atoms with Crippen molar-refractivity contribution in [2.75, 3.05) is 37.0 Å². The Morgan fingerprint density at radius 3 is 2.41 bits per heavy atom. The lowest BCUT2D eigenvalue weighted by molar-refractivity contribution is -0.142. The Hall–Kier alpha value is -3.20. The first-order chi connectivity index (χ1) is 20.0. The van der Waals surface area contributed by atoms with Gasteiger partial charge in [-0.1, -0.05) is 11.3 Å². The number of carbonyl (C=O) groups is 2. The molecule has 240 valence electrons. The van der Waals surface area contributed by atoms with Crippen LogP contribution in [0.25, 0.3) is 11.3 Å². The molecule has 5 rings (SSSR count). The molecule has 0 bridgehead atoms. The van der Waals surface area contributed by atoms with E-state index in [1.54, 1.807) is 0 Å². The number of hydrogen-bond acceptors (Lipinski definition) is 9. The number of anilines is 2. The number of aliphatic carboxylic acids is 1. The van der Waals surface area contributed by atoms with Crippen molar-refractivity contribution in [1.29, 1.82) is 0 Å². The fourth-order valence-corrected chi connectivity index (χ4v) is 6.35. The summed E-state index contributed by atoms with van der Waals surface area (Å²) in [6.45, 7) is 4.52. The number of rotatable bonds is 8. The minimum Gasteiger partial charge on any atom is -0.496 e. The Bertz CT molecular complexity index is 1450. The van der Waals surface area contributed by atoms with Gasteiger partial charge in [0.05, 0.1) is 36.7 Å². The second kappa shape index (κ2) is 14.7. The number of thiazole rings is 1. The summed E-state index contributed by atoms with van der Waals surface area (Å²) in [5, 5.41) is 12.2. The molecule has 4 heterocycles. The number of amides is 1. The van der Waals surface area contributed by atoms with Crippen LogP contribution in [0.15, 0.2) is 30.6 Å². The standard InChI is InChI=1S/C28H31F3N6O4S.2ClH/c1-16-4-3-9-37(16)15-22-24(18-5-6-21(41-2)19(12-18)28(29,30)31)34-27(42-22)35-25(38)20-13-33-23(14-32-20)36-10-7-17(8-11-36)26(39)40;;/h5-6,12-14,16-17H,3-4,7-11,15H2,1-2H3,(H,39,40)(H,34,35,38);2*1H/t16-;;/m1../s1. The van der Waals surface area contributed by atoms with Crippen LogP contribution < -0.4 is 15.0 Å². The molecule has 1 atom stereocenters. The Morgan fingerprint density at radius 1 is 1.11 bits per heavy atom. The minimum absolute atomic E-state index is 0. The quantitative estimate of drug-likeness (QED) is 0.296. The molecule has 16 heteroatoms. The average Bonchev–Trinajstić information content (AvgIpc) is 3.57. The molecule has 10 nitrogen and oxygen atoms in total. The molecule has 3 aromatic rings. The SMILES string of the molecule is COc1ccc(-c2nc(NC(=O)c3cnc(N4CCC(C(=O)O)CC4)cn3)sc2CN2CCC[C@H]2C)cc1C(F)(F)F.Cl.Cl. The Kier molecular flexibility index (Phi) is 11.8. The third-order valence-electron chi connectivity index (χ3n) is 7.77. The van der Waals surface area contributed by atoms with Gasteiger partial charge in [0.2, 0.25) is 0 Å². The third-order valence-corrected chi connectivity index (χ3v) is 8.73. The van der Waals surface area contributed by atoms with E-state index in [1.165, 1.54) is 43.0 Å². The fourth-order valence-electron chi connectivity index (χ4n) is 5.35. The average molecular weight is 678 g/mol. The number of carbonyl (C=O) groups excluding carboxylic acids is 1. The number of alkyl halides is 3. The molecule has 0 spiro atoms. The number of halogens is 5. The van der Waals surface area contributed by atoms with Crippen molar-refractivity contribution in [2.45, 2.75) is 51.4 Å². The molecular formula is C28H33Cl2F3N6O4S. The van der Waals surface area contributed by atoms with Gasteiger partial charge in [-0.15, -0.1) is 24.8 Å². The normalized spacial score (nSPS) is 17.5. The molecule has 0 aliphatic carbocycles. The first kappa shape index (κ1) is 35.3. The highest BCUT2D eigenvalue weighted by molar-refractivity contribution is 7.16.